The molecule has 1 amide bonds. The molecule has 112 valence electrons. The van der Waals surface area contributed by atoms with E-state index in [-0.39, 0.29) is 5.92 Å². The van der Waals surface area contributed by atoms with Crippen LogP contribution in [-0.2, 0) is 9.53 Å². The highest BCUT2D eigenvalue weighted by Crippen LogP contribution is 2.17. The minimum absolute atomic E-state index is 0.0876. The number of rotatable bonds is 4. The van der Waals surface area contributed by atoms with E-state index in [9.17, 15) is 9.59 Å². The number of aromatic nitrogens is 2. The van der Waals surface area contributed by atoms with Gasteiger partial charge in [-0.05, 0) is 18.9 Å². The van der Waals surface area contributed by atoms with Crippen molar-refractivity contribution in [3.63, 3.8) is 0 Å². The van der Waals surface area contributed by atoms with E-state index in [1.807, 2.05) is 13.8 Å². The smallest absolute Gasteiger partial charge is 0.328 e. The van der Waals surface area contributed by atoms with E-state index in [0.29, 0.717) is 22.4 Å². The van der Waals surface area contributed by atoms with Crippen molar-refractivity contribution < 1.29 is 18.8 Å². The Labute approximate surface area is 121 Å². The van der Waals surface area contributed by atoms with Crippen molar-refractivity contribution in [3.8, 4) is 0 Å². The maximum Gasteiger partial charge on any atom is 0.328 e. The highest BCUT2D eigenvalue weighted by molar-refractivity contribution is 5.99. The molecule has 0 aliphatic rings. The Morgan fingerprint density at radius 1 is 1.38 bits per heavy atom. The molecule has 2 aromatic rings. The van der Waals surface area contributed by atoms with Gasteiger partial charge in [0, 0.05) is 6.20 Å². The molecule has 0 aliphatic carbocycles. The van der Waals surface area contributed by atoms with Crippen LogP contribution in [0, 0.1) is 12.8 Å². The molecule has 2 heterocycles. The maximum atomic E-state index is 12.2. The number of fused-ring (bicyclic) bond motifs is 1. The monoisotopic (exact) mass is 291 g/mol. The molecular formula is C14H17N3O4. The quantitative estimate of drug-likeness (QED) is 0.857. The standard InChI is InChI=1S/C14H17N3O4/c1-7(2)11(14(19)20-4)16-12(18)9-5-10-8(3)17-21-13(10)15-6-9/h5-7,11H,1-4H3,(H,16,18). The molecule has 0 aliphatic heterocycles. The summed E-state index contributed by atoms with van der Waals surface area (Å²) < 4.78 is 9.68. The Kier molecular flexibility index (Phi) is 4.21. The van der Waals surface area contributed by atoms with E-state index in [1.54, 1.807) is 13.0 Å². The first-order valence-corrected chi connectivity index (χ1v) is 6.54. The Balaban J connectivity index is 2.24. The highest BCUT2D eigenvalue weighted by atomic mass is 16.5. The van der Waals surface area contributed by atoms with Crippen molar-refractivity contribution >= 4 is 23.0 Å². The third kappa shape index (κ3) is 3.01. The molecule has 0 aromatic carbocycles. The van der Waals surface area contributed by atoms with E-state index in [4.69, 9.17) is 9.26 Å². The minimum atomic E-state index is -0.707. The van der Waals surface area contributed by atoms with Crippen LogP contribution in [0.15, 0.2) is 16.8 Å². The Morgan fingerprint density at radius 3 is 2.71 bits per heavy atom. The molecule has 1 unspecified atom stereocenters. The fourth-order valence-corrected chi connectivity index (χ4v) is 1.92. The number of pyridine rings is 1. The lowest BCUT2D eigenvalue weighted by Crippen LogP contribution is -2.45. The molecule has 1 N–H and O–H groups in total. The van der Waals surface area contributed by atoms with Crippen molar-refractivity contribution in [1.29, 1.82) is 0 Å². The number of esters is 1. The van der Waals surface area contributed by atoms with Crippen LogP contribution in [-0.4, -0.2) is 35.2 Å². The number of carbonyl (C=O) groups is 2. The molecule has 0 bridgehead atoms. The summed E-state index contributed by atoms with van der Waals surface area (Å²) in [5, 5.41) is 7.11. The molecular weight excluding hydrogens is 274 g/mol. The summed E-state index contributed by atoms with van der Waals surface area (Å²) in [5.41, 5.74) is 1.36. The zero-order valence-electron chi connectivity index (χ0n) is 12.3. The maximum absolute atomic E-state index is 12.2. The van der Waals surface area contributed by atoms with Gasteiger partial charge in [0.1, 0.15) is 6.04 Å². The highest BCUT2D eigenvalue weighted by Gasteiger charge is 2.25. The van der Waals surface area contributed by atoms with Gasteiger partial charge >= 0.3 is 5.97 Å². The van der Waals surface area contributed by atoms with Crippen LogP contribution >= 0.6 is 0 Å². The lowest BCUT2D eigenvalue weighted by Gasteiger charge is -2.19. The van der Waals surface area contributed by atoms with Crippen LogP contribution in [0.2, 0.25) is 0 Å². The summed E-state index contributed by atoms with van der Waals surface area (Å²) in [6.45, 7) is 5.42. The molecule has 0 spiro atoms. The Morgan fingerprint density at radius 2 is 2.10 bits per heavy atom. The minimum Gasteiger partial charge on any atom is -0.467 e. The Bertz CT molecular complexity index is 678. The second-order valence-electron chi connectivity index (χ2n) is 5.06. The van der Waals surface area contributed by atoms with Crippen molar-refractivity contribution in [2.45, 2.75) is 26.8 Å². The van der Waals surface area contributed by atoms with Gasteiger partial charge in [0.15, 0.2) is 0 Å². The van der Waals surface area contributed by atoms with Crippen LogP contribution in [0.3, 0.4) is 0 Å². The van der Waals surface area contributed by atoms with E-state index in [1.165, 1.54) is 13.3 Å². The van der Waals surface area contributed by atoms with Crippen LogP contribution in [0.1, 0.15) is 29.9 Å². The number of ether oxygens (including phenoxy) is 1. The molecule has 7 nitrogen and oxygen atoms in total. The van der Waals surface area contributed by atoms with Gasteiger partial charge in [-0.25, -0.2) is 9.78 Å². The van der Waals surface area contributed by atoms with Gasteiger partial charge in [-0.15, -0.1) is 0 Å². The average molecular weight is 291 g/mol. The first kappa shape index (κ1) is 15.0. The number of methoxy groups -OCH3 is 1. The number of nitrogens with zero attached hydrogens (tertiary/aromatic N) is 2. The molecule has 0 saturated heterocycles. The zero-order valence-corrected chi connectivity index (χ0v) is 12.3. The number of nitrogens with one attached hydrogen (secondary N) is 1. The van der Waals surface area contributed by atoms with Crippen LogP contribution in [0.5, 0.6) is 0 Å². The molecule has 0 radical (unpaired) electrons. The first-order valence-electron chi connectivity index (χ1n) is 6.54. The van der Waals surface area contributed by atoms with E-state index >= 15 is 0 Å². The second-order valence-corrected chi connectivity index (χ2v) is 5.06. The average Bonchev–Trinajstić information content (AvgIpc) is 2.84. The molecule has 0 fully saturated rings. The molecule has 1 atom stereocenters. The Hall–Kier alpha value is -2.44. The van der Waals surface area contributed by atoms with E-state index in [0.717, 1.165) is 0 Å². The van der Waals surface area contributed by atoms with Crippen LogP contribution in [0.25, 0.3) is 11.1 Å². The SMILES string of the molecule is COC(=O)C(NC(=O)c1cnc2onc(C)c2c1)C(C)C. The topological polar surface area (TPSA) is 94.3 Å². The second kappa shape index (κ2) is 5.90. The van der Waals surface area contributed by atoms with E-state index in [2.05, 4.69) is 15.5 Å². The predicted octanol–water partition coefficient (Wildman–Crippen LogP) is 1.46. The van der Waals surface area contributed by atoms with Gasteiger partial charge in [-0.1, -0.05) is 19.0 Å². The van der Waals surface area contributed by atoms with Gasteiger partial charge in [0.25, 0.3) is 11.6 Å². The van der Waals surface area contributed by atoms with Crippen molar-refractivity contribution in [2.24, 2.45) is 5.92 Å². The van der Waals surface area contributed by atoms with Crippen molar-refractivity contribution in [2.75, 3.05) is 7.11 Å². The largest absolute Gasteiger partial charge is 0.467 e. The van der Waals surface area contributed by atoms with Crippen molar-refractivity contribution in [3.05, 3.63) is 23.5 Å². The number of amides is 1. The van der Waals surface area contributed by atoms with Gasteiger partial charge in [0.05, 0.1) is 23.8 Å². The van der Waals surface area contributed by atoms with Gasteiger partial charge in [-0.2, -0.15) is 0 Å². The summed E-state index contributed by atoms with van der Waals surface area (Å²) in [5.74, 6) is -0.960. The van der Waals surface area contributed by atoms with Crippen molar-refractivity contribution in [1.82, 2.24) is 15.5 Å². The number of aryl methyl sites for hydroxylation is 1. The predicted molar refractivity (Wildman–Crippen MR) is 74.6 cm³/mol. The third-order valence-electron chi connectivity index (χ3n) is 3.18. The van der Waals surface area contributed by atoms with Gasteiger partial charge in [-0.3, -0.25) is 4.79 Å². The first-order chi connectivity index (χ1) is 9.93. The molecule has 0 saturated carbocycles. The number of carbonyl (C=O) groups excluding carboxylic acids is 2. The summed E-state index contributed by atoms with van der Waals surface area (Å²) in [7, 11) is 1.29. The fourth-order valence-electron chi connectivity index (χ4n) is 1.92. The summed E-state index contributed by atoms with van der Waals surface area (Å²) in [6, 6.07) is 0.930. The summed E-state index contributed by atoms with van der Waals surface area (Å²) in [6.07, 6.45) is 1.39. The zero-order chi connectivity index (χ0) is 15.6. The van der Waals surface area contributed by atoms with Gasteiger partial charge < -0.3 is 14.6 Å². The molecule has 2 rings (SSSR count). The number of hydrogen-bond acceptors (Lipinski definition) is 6. The number of hydrogen-bond donors (Lipinski definition) is 1. The van der Waals surface area contributed by atoms with Crippen LogP contribution < -0.4 is 5.32 Å². The molecule has 2 aromatic heterocycles. The summed E-state index contributed by atoms with van der Waals surface area (Å²) >= 11 is 0. The lowest BCUT2D eigenvalue weighted by molar-refractivity contribution is -0.144. The van der Waals surface area contributed by atoms with Crippen LogP contribution in [0.4, 0.5) is 0 Å². The fraction of sp³-hybridized carbons (Fsp3) is 0.429. The van der Waals surface area contributed by atoms with E-state index < -0.39 is 17.9 Å². The third-order valence-corrected chi connectivity index (χ3v) is 3.18. The summed E-state index contributed by atoms with van der Waals surface area (Å²) in [4.78, 5) is 27.9. The molecule has 21 heavy (non-hydrogen) atoms. The molecule has 7 heteroatoms. The normalized spacial score (nSPS) is 12.4. The lowest BCUT2D eigenvalue weighted by atomic mass is 10.0. The van der Waals surface area contributed by atoms with Gasteiger partial charge in [0.2, 0.25) is 0 Å².